The maximum Gasteiger partial charge on any atom is 0.338 e. The average molecular weight is 354 g/mol. The van der Waals surface area contributed by atoms with Gasteiger partial charge in [-0.2, -0.15) is 0 Å². The molecular weight excluding hydrogens is 328 g/mol. The van der Waals surface area contributed by atoms with Gasteiger partial charge in [0.15, 0.2) is 5.78 Å². The number of hydrogen-bond donors (Lipinski definition) is 0. The number of carbonyl (C=O) groups excluding carboxylic acids is 2. The molecule has 0 heterocycles. The molecule has 0 radical (unpaired) electrons. The van der Waals surface area contributed by atoms with Crippen molar-refractivity contribution >= 4 is 11.8 Å². The molecule has 4 heteroatoms. The molecule has 138 valence electrons. The van der Waals surface area contributed by atoms with Gasteiger partial charge in [0.25, 0.3) is 0 Å². The maximum atomic E-state index is 12.1. The van der Waals surface area contributed by atoms with E-state index < -0.39 is 5.60 Å². The summed E-state index contributed by atoms with van der Waals surface area (Å²) in [6, 6.07) is 12.7. The van der Waals surface area contributed by atoms with Crippen LogP contribution in [0, 0.1) is 0 Å². The van der Waals surface area contributed by atoms with Crippen LogP contribution in [0.4, 0.5) is 0 Å². The van der Waals surface area contributed by atoms with Crippen molar-refractivity contribution in [1.82, 2.24) is 0 Å². The van der Waals surface area contributed by atoms with Gasteiger partial charge in [0, 0.05) is 0 Å². The third-order valence-electron chi connectivity index (χ3n) is 3.57. The van der Waals surface area contributed by atoms with Crippen LogP contribution in [0.25, 0.3) is 11.1 Å². The fourth-order valence-electron chi connectivity index (χ4n) is 2.48. The standard InChI is InChI=1S/C22H26O4/c1-14(2)25-20-12-11-18(13-19(20)15(3)23)16-7-9-17(10-8-16)21(24)26-22(4,5)6/h7-14H,1-6H3. The van der Waals surface area contributed by atoms with Crippen molar-refractivity contribution < 1.29 is 19.1 Å². The highest BCUT2D eigenvalue weighted by Gasteiger charge is 2.18. The Labute approximate surface area is 155 Å². The van der Waals surface area contributed by atoms with Crippen LogP contribution < -0.4 is 4.74 Å². The van der Waals surface area contributed by atoms with Gasteiger partial charge < -0.3 is 9.47 Å². The van der Waals surface area contributed by atoms with E-state index in [1.807, 2.05) is 65.0 Å². The Morgan fingerprint density at radius 1 is 0.923 bits per heavy atom. The second-order valence-electron chi connectivity index (χ2n) is 7.51. The molecule has 0 bridgehead atoms. The molecule has 2 aromatic rings. The average Bonchev–Trinajstić information content (AvgIpc) is 2.53. The summed E-state index contributed by atoms with van der Waals surface area (Å²) in [5.74, 6) is 0.184. The Morgan fingerprint density at radius 3 is 2.00 bits per heavy atom. The smallest absolute Gasteiger partial charge is 0.338 e. The highest BCUT2D eigenvalue weighted by atomic mass is 16.6. The lowest BCUT2D eigenvalue weighted by molar-refractivity contribution is 0.00694. The first-order valence-electron chi connectivity index (χ1n) is 8.72. The molecule has 0 saturated carbocycles. The van der Waals surface area contributed by atoms with E-state index in [0.29, 0.717) is 16.9 Å². The Bertz CT molecular complexity index is 796. The van der Waals surface area contributed by atoms with Crippen molar-refractivity contribution in [2.45, 2.75) is 53.2 Å². The third-order valence-corrected chi connectivity index (χ3v) is 3.57. The minimum absolute atomic E-state index is 0.00735. The van der Waals surface area contributed by atoms with E-state index in [-0.39, 0.29) is 17.9 Å². The van der Waals surface area contributed by atoms with E-state index in [4.69, 9.17) is 9.47 Å². The molecular formula is C22H26O4. The van der Waals surface area contributed by atoms with Crippen molar-refractivity contribution in [3.05, 3.63) is 53.6 Å². The zero-order chi connectivity index (χ0) is 19.5. The number of Topliss-reactive ketones (excluding diaryl/α,β-unsaturated/α-hetero) is 1. The maximum absolute atomic E-state index is 12.1. The van der Waals surface area contributed by atoms with Crippen LogP contribution >= 0.6 is 0 Å². The third kappa shape index (κ3) is 5.19. The number of ether oxygens (including phenoxy) is 2. The van der Waals surface area contributed by atoms with Gasteiger partial charge in [-0.1, -0.05) is 18.2 Å². The van der Waals surface area contributed by atoms with Gasteiger partial charge in [-0.15, -0.1) is 0 Å². The highest BCUT2D eigenvalue weighted by Crippen LogP contribution is 2.28. The van der Waals surface area contributed by atoms with E-state index in [1.165, 1.54) is 6.92 Å². The number of carbonyl (C=O) groups is 2. The minimum atomic E-state index is -0.529. The molecule has 0 aliphatic carbocycles. The molecule has 2 rings (SSSR count). The Hall–Kier alpha value is -2.62. The zero-order valence-corrected chi connectivity index (χ0v) is 16.3. The molecule has 4 nitrogen and oxygen atoms in total. The lowest BCUT2D eigenvalue weighted by Gasteiger charge is -2.19. The molecule has 0 fully saturated rings. The van der Waals surface area contributed by atoms with Gasteiger partial charge in [-0.3, -0.25) is 4.79 Å². The first-order valence-corrected chi connectivity index (χ1v) is 8.72. The monoisotopic (exact) mass is 354 g/mol. The molecule has 0 unspecified atom stereocenters. The van der Waals surface area contributed by atoms with Crippen molar-refractivity contribution in [1.29, 1.82) is 0 Å². The summed E-state index contributed by atoms with van der Waals surface area (Å²) in [6.07, 6.45) is -0.00735. The van der Waals surface area contributed by atoms with Gasteiger partial charge in [-0.25, -0.2) is 4.79 Å². The molecule has 0 aliphatic rings. The number of ketones is 1. The topological polar surface area (TPSA) is 52.6 Å². The van der Waals surface area contributed by atoms with E-state index in [0.717, 1.165) is 11.1 Å². The van der Waals surface area contributed by atoms with Crippen LogP contribution in [0.2, 0.25) is 0 Å². The zero-order valence-electron chi connectivity index (χ0n) is 16.3. The quantitative estimate of drug-likeness (QED) is 0.540. The van der Waals surface area contributed by atoms with Gasteiger partial charge in [0.05, 0.1) is 17.2 Å². The van der Waals surface area contributed by atoms with Crippen molar-refractivity contribution in [2.75, 3.05) is 0 Å². The molecule has 0 amide bonds. The lowest BCUT2D eigenvalue weighted by atomic mass is 9.99. The van der Waals surface area contributed by atoms with E-state index >= 15 is 0 Å². The summed E-state index contributed by atoms with van der Waals surface area (Å²) >= 11 is 0. The Balaban J connectivity index is 2.30. The molecule has 0 saturated heterocycles. The van der Waals surface area contributed by atoms with Gasteiger partial charge in [0.1, 0.15) is 11.4 Å². The van der Waals surface area contributed by atoms with Crippen molar-refractivity contribution in [3.63, 3.8) is 0 Å². The van der Waals surface area contributed by atoms with Crippen LogP contribution in [0.5, 0.6) is 5.75 Å². The van der Waals surface area contributed by atoms with Crippen molar-refractivity contribution in [3.8, 4) is 16.9 Å². The van der Waals surface area contributed by atoms with E-state index in [9.17, 15) is 9.59 Å². The second kappa shape index (κ2) is 7.73. The fraction of sp³-hybridized carbons (Fsp3) is 0.364. The van der Waals surface area contributed by atoms with Crippen LogP contribution in [-0.2, 0) is 4.74 Å². The number of esters is 1. The SMILES string of the molecule is CC(=O)c1cc(-c2ccc(C(=O)OC(C)(C)C)cc2)ccc1OC(C)C. The van der Waals surface area contributed by atoms with Crippen LogP contribution in [0.1, 0.15) is 62.3 Å². The highest BCUT2D eigenvalue weighted by molar-refractivity contribution is 5.98. The predicted octanol–water partition coefficient (Wildman–Crippen LogP) is 5.30. The van der Waals surface area contributed by atoms with Crippen molar-refractivity contribution in [2.24, 2.45) is 0 Å². The summed E-state index contributed by atoms with van der Waals surface area (Å²) in [4.78, 5) is 24.1. The number of rotatable bonds is 5. The predicted molar refractivity (Wildman–Crippen MR) is 103 cm³/mol. The first-order chi connectivity index (χ1) is 12.1. The molecule has 0 spiro atoms. The summed E-state index contributed by atoms with van der Waals surface area (Å²) in [5.41, 5.74) is 2.32. The minimum Gasteiger partial charge on any atom is -0.490 e. The first kappa shape index (κ1) is 19.7. The van der Waals surface area contributed by atoms with Gasteiger partial charge in [-0.05, 0) is 76.9 Å². The summed E-state index contributed by atoms with van der Waals surface area (Å²) in [6.45, 7) is 10.9. The van der Waals surface area contributed by atoms with Crippen LogP contribution in [0.15, 0.2) is 42.5 Å². The van der Waals surface area contributed by atoms with Gasteiger partial charge >= 0.3 is 5.97 Å². The van der Waals surface area contributed by atoms with Crippen LogP contribution in [0.3, 0.4) is 0 Å². The number of hydrogen-bond acceptors (Lipinski definition) is 4. The summed E-state index contributed by atoms with van der Waals surface area (Å²) in [5, 5.41) is 0. The lowest BCUT2D eigenvalue weighted by Crippen LogP contribution is -2.23. The number of benzene rings is 2. The Kier molecular flexibility index (Phi) is 5.86. The molecule has 0 aromatic heterocycles. The fourth-order valence-corrected chi connectivity index (χ4v) is 2.48. The molecule has 0 atom stereocenters. The van der Waals surface area contributed by atoms with E-state index in [1.54, 1.807) is 12.1 Å². The van der Waals surface area contributed by atoms with Gasteiger partial charge in [0.2, 0.25) is 0 Å². The normalized spacial score (nSPS) is 11.3. The summed E-state index contributed by atoms with van der Waals surface area (Å²) < 4.78 is 11.1. The largest absolute Gasteiger partial charge is 0.490 e. The molecule has 26 heavy (non-hydrogen) atoms. The second-order valence-corrected chi connectivity index (χ2v) is 7.51. The molecule has 0 aliphatic heterocycles. The Morgan fingerprint density at radius 2 is 1.50 bits per heavy atom. The summed E-state index contributed by atoms with van der Waals surface area (Å²) in [7, 11) is 0. The molecule has 2 aromatic carbocycles. The molecule has 0 N–H and O–H groups in total. The van der Waals surface area contributed by atoms with Crippen LogP contribution in [-0.4, -0.2) is 23.5 Å². The van der Waals surface area contributed by atoms with E-state index in [2.05, 4.69) is 0 Å².